The fraction of sp³-hybridized carbons (Fsp3) is 0.0588. The molecular weight excluding hydrogens is 342 g/mol. The minimum absolute atomic E-state index is 0.0268. The minimum atomic E-state index is -3.91. The molecular formula is C17H15N3O4S. The zero-order chi connectivity index (χ0) is 18.0. The molecule has 3 aromatic rings. The molecule has 8 heteroatoms. The van der Waals surface area contributed by atoms with E-state index in [0.717, 1.165) is 5.56 Å². The van der Waals surface area contributed by atoms with Crippen LogP contribution >= 0.6 is 0 Å². The van der Waals surface area contributed by atoms with Crippen molar-refractivity contribution in [2.24, 2.45) is 0 Å². The molecule has 0 saturated heterocycles. The molecule has 7 nitrogen and oxygen atoms in total. The van der Waals surface area contributed by atoms with Gasteiger partial charge in [0.1, 0.15) is 0 Å². The van der Waals surface area contributed by atoms with E-state index in [4.69, 9.17) is 0 Å². The molecule has 0 aliphatic heterocycles. The van der Waals surface area contributed by atoms with Crippen LogP contribution in [0.4, 0.5) is 5.69 Å². The summed E-state index contributed by atoms with van der Waals surface area (Å²) in [6.45, 7) is 1.85. The van der Waals surface area contributed by atoms with Gasteiger partial charge in [0.05, 0.1) is 21.8 Å². The summed E-state index contributed by atoms with van der Waals surface area (Å²) < 4.78 is 29.0. The van der Waals surface area contributed by atoms with Gasteiger partial charge in [0.25, 0.3) is 10.0 Å². The number of nitrogens with zero attached hydrogens (tertiary/aromatic N) is 2. The Kier molecular flexibility index (Phi) is 4.28. The number of benzene rings is 2. The lowest BCUT2D eigenvalue weighted by molar-refractivity contribution is 0.0698. The number of aromatic carboxylic acids is 1. The number of hydrogen-bond donors (Lipinski definition) is 2. The van der Waals surface area contributed by atoms with Crippen molar-refractivity contribution < 1.29 is 18.3 Å². The van der Waals surface area contributed by atoms with E-state index in [1.807, 2.05) is 6.92 Å². The Balaban J connectivity index is 2.04. The lowest BCUT2D eigenvalue weighted by Gasteiger charge is -2.12. The van der Waals surface area contributed by atoms with Gasteiger partial charge in [-0.1, -0.05) is 17.7 Å². The van der Waals surface area contributed by atoms with Crippen molar-refractivity contribution in [3.63, 3.8) is 0 Å². The van der Waals surface area contributed by atoms with Crippen molar-refractivity contribution in [2.45, 2.75) is 11.8 Å². The topological polar surface area (TPSA) is 101 Å². The van der Waals surface area contributed by atoms with Gasteiger partial charge in [-0.05, 0) is 43.3 Å². The maximum atomic E-state index is 12.6. The number of carboxylic acid groups (broad SMARTS) is 1. The van der Waals surface area contributed by atoms with Crippen LogP contribution in [-0.4, -0.2) is 29.3 Å². The van der Waals surface area contributed by atoms with Crippen LogP contribution in [0.2, 0.25) is 0 Å². The number of hydrogen-bond acceptors (Lipinski definition) is 4. The number of anilines is 1. The number of carbonyl (C=O) groups is 1. The highest BCUT2D eigenvalue weighted by atomic mass is 32.2. The monoisotopic (exact) mass is 357 g/mol. The first-order chi connectivity index (χ1) is 11.9. The molecule has 0 aliphatic carbocycles. The molecule has 0 spiro atoms. The summed E-state index contributed by atoms with van der Waals surface area (Å²) in [6.07, 6.45) is 3.25. The molecule has 0 amide bonds. The summed E-state index contributed by atoms with van der Waals surface area (Å²) in [6, 6.07) is 12.3. The molecule has 128 valence electrons. The first-order valence-electron chi connectivity index (χ1n) is 7.34. The summed E-state index contributed by atoms with van der Waals surface area (Å²) in [5, 5.41) is 13.4. The highest BCUT2D eigenvalue weighted by molar-refractivity contribution is 7.92. The zero-order valence-corrected chi connectivity index (χ0v) is 14.1. The maximum absolute atomic E-state index is 12.6. The van der Waals surface area contributed by atoms with E-state index in [1.165, 1.54) is 28.9 Å². The maximum Gasteiger partial charge on any atom is 0.337 e. The van der Waals surface area contributed by atoms with E-state index in [9.17, 15) is 18.3 Å². The first-order valence-corrected chi connectivity index (χ1v) is 8.82. The smallest absolute Gasteiger partial charge is 0.337 e. The summed E-state index contributed by atoms with van der Waals surface area (Å²) in [5.74, 6) is -1.23. The zero-order valence-electron chi connectivity index (χ0n) is 13.2. The van der Waals surface area contributed by atoms with Crippen molar-refractivity contribution in [3.05, 3.63) is 72.1 Å². The molecule has 2 aromatic carbocycles. The number of sulfonamides is 1. The van der Waals surface area contributed by atoms with E-state index in [-0.39, 0.29) is 16.1 Å². The second-order valence-electron chi connectivity index (χ2n) is 5.40. The molecule has 0 radical (unpaired) electrons. The average Bonchev–Trinajstić information content (AvgIpc) is 3.09. The van der Waals surface area contributed by atoms with Crippen LogP contribution in [0.1, 0.15) is 15.9 Å². The van der Waals surface area contributed by atoms with Gasteiger partial charge in [0.15, 0.2) is 0 Å². The summed E-state index contributed by atoms with van der Waals surface area (Å²) in [4.78, 5) is 11.5. The molecule has 1 heterocycles. The number of rotatable bonds is 5. The van der Waals surface area contributed by atoms with Crippen LogP contribution in [0.15, 0.2) is 65.8 Å². The summed E-state index contributed by atoms with van der Waals surface area (Å²) >= 11 is 0. The van der Waals surface area contributed by atoms with Crippen LogP contribution in [0.5, 0.6) is 0 Å². The Hall–Kier alpha value is -3.13. The van der Waals surface area contributed by atoms with E-state index in [0.29, 0.717) is 5.69 Å². The van der Waals surface area contributed by atoms with Crippen molar-refractivity contribution in [2.75, 3.05) is 4.72 Å². The van der Waals surface area contributed by atoms with Crippen LogP contribution < -0.4 is 4.72 Å². The third-order valence-corrected chi connectivity index (χ3v) is 4.96. The van der Waals surface area contributed by atoms with Crippen LogP contribution in [0, 0.1) is 6.92 Å². The minimum Gasteiger partial charge on any atom is -0.478 e. The normalized spacial score (nSPS) is 11.2. The highest BCUT2D eigenvalue weighted by Crippen LogP contribution is 2.24. The first kappa shape index (κ1) is 16.7. The third kappa shape index (κ3) is 3.53. The molecule has 0 aliphatic rings. The van der Waals surface area contributed by atoms with Gasteiger partial charge in [-0.25, -0.2) is 17.9 Å². The SMILES string of the molecule is Cc1ccc(S(=O)(=O)Nc2cc(-n3cccn3)ccc2C(=O)O)cc1. The van der Waals surface area contributed by atoms with Gasteiger partial charge in [0.2, 0.25) is 0 Å². The molecule has 1 aromatic heterocycles. The Morgan fingerprint density at radius 3 is 2.48 bits per heavy atom. The molecule has 0 saturated carbocycles. The Morgan fingerprint density at radius 1 is 1.16 bits per heavy atom. The molecule has 0 unspecified atom stereocenters. The quantitative estimate of drug-likeness (QED) is 0.731. The Bertz CT molecular complexity index is 1010. The lowest BCUT2D eigenvalue weighted by Crippen LogP contribution is -2.16. The fourth-order valence-electron chi connectivity index (χ4n) is 2.29. The van der Waals surface area contributed by atoms with Crippen molar-refractivity contribution >= 4 is 21.7 Å². The highest BCUT2D eigenvalue weighted by Gasteiger charge is 2.19. The molecule has 25 heavy (non-hydrogen) atoms. The molecule has 2 N–H and O–H groups in total. The van der Waals surface area contributed by atoms with E-state index >= 15 is 0 Å². The Labute approximate surface area is 144 Å². The predicted octanol–water partition coefficient (Wildman–Crippen LogP) is 2.68. The fourth-order valence-corrected chi connectivity index (χ4v) is 3.36. The predicted molar refractivity (Wildman–Crippen MR) is 92.5 cm³/mol. The third-order valence-electron chi connectivity index (χ3n) is 3.58. The largest absolute Gasteiger partial charge is 0.478 e. The summed E-state index contributed by atoms with van der Waals surface area (Å²) in [7, 11) is -3.91. The molecule has 0 fully saturated rings. The number of aryl methyl sites for hydroxylation is 1. The molecule has 3 rings (SSSR count). The van der Waals surface area contributed by atoms with E-state index < -0.39 is 16.0 Å². The second kappa shape index (κ2) is 6.40. The number of nitrogens with one attached hydrogen (secondary N) is 1. The van der Waals surface area contributed by atoms with E-state index in [1.54, 1.807) is 36.7 Å². The van der Waals surface area contributed by atoms with Gasteiger partial charge in [-0.2, -0.15) is 5.10 Å². The van der Waals surface area contributed by atoms with Crippen molar-refractivity contribution in [3.8, 4) is 5.69 Å². The van der Waals surface area contributed by atoms with Crippen molar-refractivity contribution in [1.82, 2.24) is 9.78 Å². The van der Waals surface area contributed by atoms with Gasteiger partial charge in [-0.15, -0.1) is 0 Å². The van der Waals surface area contributed by atoms with Gasteiger partial charge < -0.3 is 5.11 Å². The lowest BCUT2D eigenvalue weighted by atomic mass is 10.1. The second-order valence-corrected chi connectivity index (χ2v) is 7.09. The standard InChI is InChI=1S/C17H15N3O4S/c1-12-3-6-14(7-4-12)25(23,24)19-16-11-13(20-10-2-9-18-20)5-8-15(16)17(21)22/h2-11,19H,1H3,(H,21,22). The average molecular weight is 357 g/mol. The van der Waals surface area contributed by atoms with Crippen molar-refractivity contribution in [1.29, 1.82) is 0 Å². The van der Waals surface area contributed by atoms with E-state index in [2.05, 4.69) is 9.82 Å². The molecule has 0 bridgehead atoms. The number of carboxylic acids is 1. The van der Waals surface area contributed by atoms with Gasteiger partial charge >= 0.3 is 5.97 Å². The number of aromatic nitrogens is 2. The Morgan fingerprint density at radius 2 is 1.88 bits per heavy atom. The molecule has 0 atom stereocenters. The van der Waals surface area contributed by atoms with Gasteiger partial charge in [-0.3, -0.25) is 4.72 Å². The van der Waals surface area contributed by atoms with Crippen LogP contribution in [0.25, 0.3) is 5.69 Å². The van der Waals surface area contributed by atoms with Crippen LogP contribution in [-0.2, 0) is 10.0 Å². The van der Waals surface area contributed by atoms with Gasteiger partial charge in [0, 0.05) is 12.4 Å². The van der Waals surface area contributed by atoms with Crippen LogP contribution in [0.3, 0.4) is 0 Å². The summed E-state index contributed by atoms with van der Waals surface area (Å²) in [5.41, 5.74) is 1.29.